The van der Waals surface area contributed by atoms with Gasteiger partial charge in [-0.2, -0.15) is 5.26 Å². The monoisotopic (exact) mass is 342 g/mol. The van der Waals surface area contributed by atoms with Gasteiger partial charge in [0.15, 0.2) is 5.92 Å². The van der Waals surface area contributed by atoms with Crippen molar-refractivity contribution < 1.29 is 19.4 Å². The molecule has 116 valence electrons. The van der Waals surface area contributed by atoms with E-state index in [1.807, 2.05) is 0 Å². The number of nitrogens with zero attached hydrogens (tertiary/aromatic N) is 2. The number of rotatable bonds is 5. The van der Waals surface area contributed by atoms with E-state index in [2.05, 4.69) is 4.99 Å². The highest BCUT2D eigenvalue weighted by Crippen LogP contribution is 2.33. The minimum Gasteiger partial charge on any atom is -0.478 e. The highest BCUT2D eigenvalue weighted by atomic mass is 35.5. The number of esters is 1. The summed E-state index contributed by atoms with van der Waals surface area (Å²) in [6.45, 7) is 3.30. The lowest BCUT2D eigenvalue weighted by Gasteiger charge is -2.09. The molecule has 0 aliphatic rings. The Kier molecular flexibility index (Phi) is 6.35. The van der Waals surface area contributed by atoms with Gasteiger partial charge in [-0.1, -0.05) is 23.2 Å². The molecule has 1 N–H and O–H groups in total. The molecule has 6 nitrogen and oxygen atoms in total. The normalized spacial score (nSPS) is 12.2. The zero-order chi connectivity index (χ0) is 16.9. The predicted molar refractivity (Wildman–Crippen MR) is 81.9 cm³/mol. The lowest BCUT2D eigenvalue weighted by Crippen LogP contribution is -2.20. The molecule has 22 heavy (non-hydrogen) atoms. The number of hydrogen-bond donors (Lipinski definition) is 1. The summed E-state index contributed by atoms with van der Waals surface area (Å²) in [5, 5.41) is 17.8. The fraction of sp³-hybridized carbons (Fsp3) is 0.286. The number of carboxylic acid groups (broad SMARTS) is 1. The van der Waals surface area contributed by atoms with Crippen LogP contribution < -0.4 is 0 Å². The van der Waals surface area contributed by atoms with Gasteiger partial charge in [0.25, 0.3) is 0 Å². The quantitative estimate of drug-likeness (QED) is 0.652. The van der Waals surface area contributed by atoms with Crippen LogP contribution in [0.15, 0.2) is 17.1 Å². The maximum Gasteiger partial charge on any atom is 0.338 e. The Morgan fingerprint density at radius 1 is 1.41 bits per heavy atom. The Hall–Kier alpha value is -2.10. The third-order valence-corrected chi connectivity index (χ3v) is 3.09. The van der Waals surface area contributed by atoms with Crippen molar-refractivity contribution in [3.05, 3.63) is 27.7 Å². The van der Waals surface area contributed by atoms with Gasteiger partial charge < -0.3 is 9.84 Å². The van der Waals surface area contributed by atoms with E-state index < -0.39 is 17.9 Å². The van der Waals surface area contributed by atoms with Gasteiger partial charge in [0, 0.05) is 6.21 Å². The van der Waals surface area contributed by atoms with E-state index in [-0.39, 0.29) is 27.4 Å². The fourth-order valence-electron chi connectivity index (χ4n) is 1.44. The molecule has 0 aliphatic carbocycles. The zero-order valence-electron chi connectivity index (χ0n) is 11.7. The Morgan fingerprint density at radius 2 is 2.05 bits per heavy atom. The van der Waals surface area contributed by atoms with Crippen LogP contribution in [0.5, 0.6) is 0 Å². The van der Waals surface area contributed by atoms with Crippen LogP contribution in [0.1, 0.15) is 24.2 Å². The molecule has 0 fully saturated rings. The van der Waals surface area contributed by atoms with Crippen LogP contribution >= 0.6 is 23.2 Å². The number of nitriles is 1. The average molecular weight is 343 g/mol. The molecule has 8 heteroatoms. The van der Waals surface area contributed by atoms with Crippen molar-refractivity contribution in [3.8, 4) is 6.07 Å². The standard InChI is InChI=1S/C14H12Cl2N2O4/c1-7(2)22-14(21)8(5-17)6-18-10-4-3-9(15)11(12(10)16)13(19)20/h3-4,6-8H,1-2H3,(H,19,20). The summed E-state index contributed by atoms with van der Waals surface area (Å²) in [7, 11) is 0. The van der Waals surface area contributed by atoms with Gasteiger partial charge in [-0.05, 0) is 26.0 Å². The Balaban J connectivity index is 3.08. The van der Waals surface area contributed by atoms with E-state index in [4.69, 9.17) is 38.3 Å². The first-order valence-corrected chi connectivity index (χ1v) is 6.89. The number of carbonyl (C=O) groups is 2. The summed E-state index contributed by atoms with van der Waals surface area (Å²) < 4.78 is 4.90. The average Bonchev–Trinajstić information content (AvgIpc) is 2.40. The van der Waals surface area contributed by atoms with Gasteiger partial charge in [0.2, 0.25) is 0 Å². The summed E-state index contributed by atoms with van der Waals surface area (Å²) in [5.74, 6) is -3.27. The number of aromatic carboxylic acids is 1. The summed E-state index contributed by atoms with van der Waals surface area (Å²) >= 11 is 11.7. The summed E-state index contributed by atoms with van der Waals surface area (Å²) in [6.07, 6.45) is 0.681. The number of aliphatic imine (C=N–C) groups is 1. The van der Waals surface area contributed by atoms with Crippen molar-refractivity contribution in [1.29, 1.82) is 5.26 Å². The molecule has 0 aliphatic heterocycles. The predicted octanol–water partition coefficient (Wildman–Crippen LogP) is 3.49. The Labute approximate surface area is 136 Å². The van der Waals surface area contributed by atoms with Crippen molar-refractivity contribution in [2.75, 3.05) is 0 Å². The van der Waals surface area contributed by atoms with Crippen LogP contribution in [-0.2, 0) is 9.53 Å². The van der Waals surface area contributed by atoms with Gasteiger partial charge in [-0.3, -0.25) is 9.79 Å². The van der Waals surface area contributed by atoms with Gasteiger partial charge in [0.05, 0.1) is 33.5 Å². The smallest absolute Gasteiger partial charge is 0.338 e. The first kappa shape index (κ1) is 18.0. The van der Waals surface area contributed by atoms with Crippen LogP contribution in [0.25, 0.3) is 0 Å². The molecular weight excluding hydrogens is 331 g/mol. The zero-order valence-corrected chi connectivity index (χ0v) is 13.2. The number of benzene rings is 1. The molecule has 0 bridgehead atoms. The summed E-state index contributed by atoms with van der Waals surface area (Å²) in [6, 6.07) is 4.44. The molecular formula is C14H12Cl2N2O4. The number of halogens is 2. The van der Waals surface area contributed by atoms with Crippen LogP contribution in [0.2, 0.25) is 10.0 Å². The van der Waals surface area contributed by atoms with E-state index in [1.165, 1.54) is 12.1 Å². The summed E-state index contributed by atoms with van der Waals surface area (Å²) in [5.41, 5.74) is -0.211. The van der Waals surface area contributed by atoms with E-state index in [1.54, 1.807) is 19.9 Å². The van der Waals surface area contributed by atoms with Crippen LogP contribution in [0, 0.1) is 17.2 Å². The maximum absolute atomic E-state index is 11.6. The maximum atomic E-state index is 11.6. The van der Waals surface area contributed by atoms with Crippen LogP contribution in [0.3, 0.4) is 0 Å². The highest BCUT2D eigenvalue weighted by Gasteiger charge is 2.20. The van der Waals surface area contributed by atoms with E-state index in [0.717, 1.165) is 6.21 Å². The second-order valence-electron chi connectivity index (χ2n) is 4.43. The number of hydrogen-bond acceptors (Lipinski definition) is 5. The number of carbonyl (C=O) groups excluding carboxylic acids is 1. The van der Waals surface area contributed by atoms with Crippen LogP contribution in [-0.4, -0.2) is 29.4 Å². The third-order valence-electron chi connectivity index (χ3n) is 2.39. The first-order chi connectivity index (χ1) is 10.3. The first-order valence-electron chi connectivity index (χ1n) is 6.13. The third kappa shape index (κ3) is 4.45. The molecule has 1 atom stereocenters. The van der Waals surface area contributed by atoms with Gasteiger partial charge in [-0.25, -0.2) is 4.79 Å². The van der Waals surface area contributed by atoms with Crippen molar-refractivity contribution in [3.63, 3.8) is 0 Å². The van der Waals surface area contributed by atoms with E-state index in [0.29, 0.717) is 0 Å². The molecule has 1 aromatic carbocycles. The fourth-order valence-corrected chi connectivity index (χ4v) is 2.03. The molecule has 1 rings (SSSR count). The highest BCUT2D eigenvalue weighted by molar-refractivity contribution is 6.40. The van der Waals surface area contributed by atoms with Gasteiger partial charge >= 0.3 is 11.9 Å². The molecule has 0 amide bonds. The Bertz CT molecular complexity index is 666. The molecule has 0 radical (unpaired) electrons. The van der Waals surface area contributed by atoms with Crippen LogP contribution in [0.4, 0.5) is 5.69 Å². The van der Waals surface area contributed by atoms with Crippen molar-refractivity contribution in [1.82, 2.24) is 0 Å². The second kappa shape index (κ2) is 7.78. The molecule has 0 spiro atoms. The van der Waals surface area contributed by atoms with E-state index >= 15 is 0 Å². The molecule has 0 heterocycles. The summed E-state index contributed by atoms with van der Waals surface area (Å²) in [4.78, 5) is 26.6. The van der Waals surface area contributed by atoms with Gasteiger partial charge in [-0.15, -0.1) is 0 Å². The minimum absolute atomic E-state index is 0.0347. The lowest BCUT2D eigenvalue weighted by atomic mass is 10.2. The largest absolute Gasteiger partial charge is 0.478 e. The molecule has 0 saturated heterocycles. The second-order valence-corrected chi connectivity index (χ2v) is 5.22. The minimum atomic E-state index is -1.30. The lowest BCUT2D eigenvalue weighted by molar-refractivity contribution is -0.148. The van der Waals surface area contributed by atoms with Crippen molar-refractivity contribution in [2.45, 2.75) is 20.0 Å². The Morgan fingerprint density at radius 3 is 2.55 bits per heavy atom. The SMILES string of the molecule is CC(C)OC(=O)C(C#N)C=Nc1ccc(Cl)c(C(=O)O)c1Cl. The molecule has 1 aromatic rings. The molecule has 0 saturated carbocycles. The van der Waals surface area contributed by atoms with E-state index in [9.17, 15) is 9.59 Å². The molecule has 1 unspecified atom stereocenters. The number of carboxylic acids is 1. The topological polar surface area (TPSA) is 99.8 Å². The molecule has 0 aromatic heterocycles. The number of ether oxygens (including phenoxy) is 1. The van der Waals surface area contributed by atoms with Crippen molar-refractivity contribution >= 4 is 47.0 Å². The van der Waals surface area contributed by atoms with Crippen molar-refractivity contribution in [2.24, 2.45) is 10.9 Å². The van der Waals surface area contributed by atoms with Gasteiger partial charge in [0.1, 0.15) is 0 Å².